The first-order chi connectivity index (χ1) is 8.67. The van der Waals surface area contributed by atoms with Crippen molar-refractivity contribution in [3.8, 4) is 5.75 Å². The van der Waals surface area contributed by atoms with E-state index in [9.17, 15) is 5.11 Å². The third-order valence-corrected chi connectivity index (χ3v) is 2.59. The molecule has 0 radical (unpaired) electrons. The molecular weight excluding hydrogens is 230 g/mol. The fourth-order valence-corrected chi connectivity index (χ4v) is 1.78. The fraction of sp³-hybridized carbons (Fsp3) is 0.357. The Hall–Kier alpha value is -1.81. The van der Waals surface area contributed by atoms with Crippen LogP contribution in [0.15, 0.2) is 34.9 Å². The van der Waals surface area contributed by atoms with Gasteiger partial charge in [0.25, 0.3) is 0 Å². The van der Waals surface area contributed by atoms with Gasteiger partial charge in [-0.15, -0.1) is 0 Å². The average Bonchev–Trinajstić information content (AvgIpc) is 2.76. The first kappa shape index (κ1) is 12.6. The second-order valence-electron chi connectivity index (χ2n) is 4.31. The Bertz CT molecular complexity index is 505. The first-order valence-electron chi connectivity index (χ1n) is 5.91. The predicted octanol–water partition coefficient (Wildman–Crippen LogP) is 2.20. The van der Waals surface area contributed by atoms with E-state index in [1.807, 2.05) is 24.3 Å². The van der Waals surface area contributed by atoms with Crippen LogP contribution >= 0.6 is 0 Å². The first-order valence-corrected chi connectivity index (χ1v) is 5.91. The number of hydrogen-bond donors (Lipinski definition) is 1. The summed E-state index contributed by atoms with van der Waals surface area (Å²) in [4.78, 5) is 4.33. The maximum absolute atomic E-state index is 9.27. The van der Waals surface area contributed by atoms with Gasteiger partial charge in [0, 0.05) is 12.8 Å². The number of hydrogen-bond acceptors (Lipinski definition) is 4. The molecule has 0 amide bonds. The molecule has 2 rings (SSSR count). The van der Waals surface area contributed by atoms with Gasteiger partial charge in [0.1, 0.15) is 12.0 Å². The topological polar surface area (TPSA) is 55.5 Å². The quantitative estimate of drug-likeness (QED) is 0.880. The molecule has 1 aromatic carbocycles. The van der Waals surface area contributed by atoms with Crippen LogP contribution in [0.4, 0.5) is 0 Å². The Morgan fingerprint density at radius 1 is 1.44 bits per heavy atom. The highest BCUT2D eigenvalue weighted by atomic mass is 16.5. The van der Waals surface area contributed by atoms with Crippen molar-refractivity contribution in [1.29, 1.82) is 0 Å². The Morgan fingerprint density at radius 2 is 2.28 bits per heavy atom. The van der Waals surface area contributed by atoms with Crippen molar-refractivity contribution in [2.45, 2.75) is 25.9 Å². The summed E-state index contributed by atoms with van der Waals surface area (Å²) >= 11 is 0. The molecule has 2 aromatic rings. The van der Waals surface area contributed by atoms with Crippen LogP contribution in [0.1, 0.15) is 24.1 Å². The summed E-state index contributed by atoms with van der Waals surface area (Å²) in [5.41, 5.74) is 1.86. The molecule has 4 heteroatoms. The van der Waals surface area contributed by atoms with Crippen molar-refractivity contribution >= 4 is 0 Å². The van der Waals surface area contributed by atoms with Crippen LogP contribution in [-0.4, -0.2) is 23.3 Å². The largest absolute Gasteiger partial charge is 0.497 e. The molecule has 0 spiro atoms. The molecule has 4 nitrogen and oxygen atoms in total. The summed E-state index contributed by atoms with van der Waals surface area (Å²) in [5, 5.41) is 9.27. The van der Waals surface area contributed by atoms with Crippen molar-refractivity contribution < 1.29 is 14.3 Å². The van der Waals surface area contributed by atoms with Gasteiger partial charge >= 0.3 is 0 Å². The lowest BCUT2D eigenvalue weighted by Crippen LogP contribution is -2.04. The normalized spacial score (nSPS) is 12.4. The highest BCUT2D eigenvalue weighted by Crippen LogP contribution is 2.16. The van der Waals surface area contributed by atoms with E-state index in [1.165, 1.54) is 0 Å². The van der Waals surface area contributed by atoms with Gasteiger partial charge < -0.3 is 14.3 Å². The number of aromatic nitrogens is 1. The Kier molecular flexibility index (Phi) is 3.99. The molecule has 0 saturated carbocycles. The number of methoxy groups -OCH3 is 1. The standard InChI is InChI=1S/C14H17NO3/c1-10(16)6-12-9-18-14(15-12)8-11-4-3-5-13(7-11)17-2/h3-5,7,9-10,16H,6,8H2,1-2H3. The van der Waals surface area contributed by atoms with E-state index in [0.29, 0.717) is 18.7 Å². The lowest BCUT2D eigenvalue weighted by molar-refractivity contribution is 0.194. The molecule has 1 atom stereocenters. The monoisotopic (exact) mass is 247 g/mol. The molecule has 0 aliphatic rings. The number of aliphatic hydroxyl groups excluding tert-OH is 1. The lowest BCUT2D eigenvalue weighted by atomic mass is 10.1. The summed E-state index contributed by atoms with van der Waals surface area (Å²) in [6.07, 6.45) is 2.33. The van der Waals surface area contributed by atoms with Gasteiger partial charge in [0.2, 0.25) is 0 Å². The zero-order chi connectivity index (χ0) is 13.0. The Morgan fingerprint density at radius 3 is 3.00 bits per heavy atom. The van der Waals surface area contributed by atoms with E-state index in [1.54, 1.807) is 20.3 Å². The van der Waals surface area contributed by atoms with Crippen molar-refractivity contribution in [2.24, 2.45) is 0 Å². The van der Waals surface area contributed by atoms with Crippen LogP contribution in [0.5, 0.6) is 5.75 Å². The molecule has 0 aliphatic heterocycles. The zero-order valence-corrected chi connectivity index (χ0v) is 10.6. The van der Waals surface area contributed by atoms with E-state index < -0.39 is 6.10 Å². The van der Waals surface area contributed by atoms with Crippen LogP contribution in [0, 0.1) is 0 Å². The van der Waals surface area contributed by atoms with Gasteiger partial charge in [-0.2, -0.15) is 0 Å². The lowest BCUT2D eigenvalue weighted by Gasteiger charge is -2.02. The van der Waals surface area contributed by atoms with Crippen LogP contribution in [-0.2, 0) is 12.8 Å². The SMILES string of the molecule is COc1cccc(Cc2nc(CC(C)O)co2)c1. The summed E-state index contributed by atoms with van der Waals surface area (Å²) in [6, 6.07) is 7.80. The highest BCUT2D eigenvalue weighted by molar-refractivity contribution is 5.29. The molecule has 1 N–H and O–H groups in total. The summed E-state index contributed by atoms with van der Waals surface area (Å²) in [7, 11) is 1.64. The zero-order valence-electron chi connectivity index (χ0n) is 10.6. The molecule has 96 valence electrons. The number of aliphatic hydroxyl groups is 1. The van der Waals surface area contributed by atoms with E-state index in [2.05, 4.69) is 4.98 Å². The number of nitrogens with zero attached hydrogens (tertiary/aromatic N) is 1. The highest BCUT2D eigenvalue weighted by Gasteiger charge is 2.07. The third-order valence-electron chi connectivity index (χ3n) is 2.59. The third kappa shape index (κ3) is 3.34. The average molecular weight is 247 g/mol. The number of ether oxygens (including phenoxy) is 1. The molecule has 1 aromatic heterocycles. The van der Waals surface area contributed by atoms with E-state index in [0.717, 1.165) is 17.0 Å². The maximum atomic E-state index is 9.27. The van der Waals surface area contributed by atoms with Crippen LogP contribution < -0.4 is 4.74 Å². The van der Waals surface area contributed by atoms with E-state index >= 15 is 0 Å². The van der Waals surface area contributed by atoms with Crippen LogP contribution in [0.25, 0.3) is 0 Å². The van der Waals surface area contributed by atoms with Gasteiger partial charge in [-0.3, -0.25) is 0 Å². The van der Waals surface area contributed by atoms with Gasteiger partial charge in [0.05, 0.1) is 18.9 Å². The fourth-order valence-electron chi connectivity index (χ4n) is 1.78. The van der Waals surface area contributed by atoms with Crippen LogP contribution in [0.2, 0.25) is 0 Å². The number of benzene rings is 1. The van der Waals surface area contributed by atoms with E-state index in [-0.39, 0.29) is 0 Å². The Labute approximate surface area is 106 Å². The molecule has 1 unspecified atom stereocenters. The molecule has 0 fully saturated rings. The number of rotatable bonds is 5. The minimum absolute atomic E-state index is 0.403. The molecule has 0 saturated heterocycles. The number of oxazole rings is 1. The summed E-state index contributed by atoms with van der Waals surface area (Å²) < 4.78 is 10.5. The predicted molar refractivity (Wildman–Crippen MR) is 67.7 cm³/mol. The van der Waals surface area contributed by atoms with Crippen LogP contribution in [0.3, 0.4) is 0 Å². The minimum Gasteiger partial charge on any atom is -0.497 e. The van der Waals surface area contributed by atoms with Gasteiger partial charge in [-0.05, 0) is 24.6 Å². The molecule has 0 bridgehead atoms. The van der Waals surface area contributed by atoms with E-state index in [4.69, 9.17) is 9.15 Å². The minimum atomic E-state index is -0.403. The molecule has 18 heavy (non-hydrogen) atoms. The second-order valence-corrected chi connectivity index (χ2v) is 4.31. The molecule has 1 heterocycles. The van der Waals surface area contributed by atoms with Crippen molar-refractivity contribution in [2.75, 3.05) is 7.11 Å². The smallest absolute Gasteiger partial charge is 0.198 e. The van der Waals surface area contributed by atoms with Crippen molar-refractivity contribution in [1.82, 2.24) is 4.98 Å². The summed E-state index contributed by atoms with van der Waals surface area (Å²) in [5.74, 6) is 1.47. The Balaban J connectivity index is 2.06. The van der Waals surface area contributed by atoms with Crippen molar-refractivity contribution in [3.05, 3.63) is 47.7 Å². The van der Waals surface area contributed by atoms with Gasteiger partial charge in [-0.1, -0.05) is 12.1 Å². The molecular formula is C14H17NO3. The van der Waals surface area contributed by atoms with Gasteiger partial charge in [0.15, 0.2) is 5.89 Å². The summed E-state index contributed by atoms with van der Waals surface area (Å²) in [6.45, 7) is 1.73. The maximum Gasteiger partial charge on any atom is 0.198 e. The van der Waals surface area contributed by atoms with Crippen molar-refractivity contribution in [3.63, 3.8) is 0 Å². The second kappa shape index (κ2) is 5.69. The van der Waals surface area contributed by atoms with Gasteiger partial charge in [-0.25, -0.2) is 4.98 Å². The molecule has 0 aliphatic carbocycles.